The van der Waals surface area contributed by atoms with E-state index in [9.17, 15) is 4.79 Å². The molecule has 0 amide bonds. The van der Waals surface area contributed by atoms with E-state index in [4.69, 9.17) is 13.9 Å². The Balaban J connectivity index is 1.48. The second-order valence-electron chi connectivity index (χ2n) is 8.39. The lowest BCUT2D eigenvalue weighted by molar-refractivity contribution is -0.0364. The van der Waals surface area contributed by atoms with E-state index < -0.39 is 5.97 Å². The van der Waals surface area contributed by atoms with Gasteiger partial charge in [0, 0.05) is 30.1 Å². The molecule has 2 aliphatic rings. The van der Waals surface area contributed by atoms with Crippen LogP contribution in [0.1, 0.15) is 46.9 Å². The summed E-state index contributed by atoms with van der Waals surface area (Å²) in [4.78, 5) is 15.4. The molecule has 5 rings (SSSR count). The molecule has 5 nitrogen and oxygen atoms in total. The van der Waals surface area contributed by atoms with Gasteiger partial charge in [0.05, 0.1) is 13.4 Å². The molecule has 1 aromatic heterocycles. The smallest absolute Gasteiger partial charge is 0.374 e. The number of benzene rings is 2. The molecule has 2 aliphatic heterocycles. The van der Waals surface area contributed by atoms with Crippen LogP contribution < -0.4 is 4.74 Å². The van der Waals surface area contributed by atoms with Gasteiger partial charge in [-0.3, -0.25) is 4.90 Å². The van der Waals surface area contributed by atoms with Crippen LogP contribution in [0.25, 0.3) is 0 Å². The maximum atomic E-state index is 12.9. The molecular formula is C26H27NO4. The average Bonchev–Trinajstić information content (AvgIpc) is 3.44. The molecule has 2 saturated heterocycles. The van der Waals surface area contributed by atoms with Crippen LogP contribution >= 0.6 is 0 Å². The minimum absolute atomic E-state index is 0.0829. The average molecular weight is 418 g/mol. The Labute approximate surface area is 182 Å². The lowest BCUT2D eigenvalue weighted by Crippen LogP contribution is -2.52. The topological polar surface area (TPSA) is 51.9 Å². The Morgan fingerprint density at radius 3 is 2.61 bits per heavy atom. The summed E-state index contributed by atoms with van der Waals surface area (Å²) in [6.45, 7) is 0.865. The van der Waals surface area contributed by atoms with Crippen molar-refractivity contribution in [1.29, 1.82) is 0 Å². The number of rotatable bonds is 6. The molecule has 0 radical (unpaired) electrons. The SMILES string of the molecule is COc1ccccc1C1CC2CCC(C1OC(=O)c1ccco1)N2Cc1ccccc1. The molecule has 3 heterocycles. The highest BCUT2D eigenvalue weighted by Crippen LogP contribution is 2.47. The van der Waals surface area contributed by atoms with Crippen molar-refractivity contribution in [3.05, 3.63) is 89.9 Å². The largest absolute Gasteiger partial charge is 0.496 e. The van der Waals surface area contributed by atoms with Crippen LogP contribution in [0, 0.1) is 0 Å². The molecule has 0 aliphatic carbocycles. The van der Waals surface area contributed by atoms with Crippen molar-refractivity contribution in [2.75, 3.05) is 7.11 Å². The quantitative estimate of drug-likeness (QED) is 0.526. The number of furan rings is 1. The molecule has 0 N–H and O–H groups in total. The van der Waals surface area contributed by atoms with Gasteiger partial charge in [0.2, 0.25) is 5.76 Å². The first kappa shape index (κ1) is 19.9. The summed E-state index contributed by atoms with van der Waals surface area (Å²) in [7, 11) is 1.70. The fraction of sp³-hybridized carbons (Fsp3) is 0.346. The summed E-state index contributed by atoms with van der Waals surface area (Å²) >= 11 is 0. The van der Waals surface area contributed by atoms with Crippen molar-refractivity contribution in [2.24, 2.45) is 0 Å². The molecule has 2 bridgehead atoms. The standard InChI is InChI=1S/C26H27NO4/c1-29-23-11-6-5-10-20(23)21-16-19-13-14-22(27(19)17-18-8-3-2-4-9-18)25(21)31-26(28)24-12-7-15-30-24/h2-12,15,19,21-22,25H,13-14,16-17H2,1H3. The molecular weight excluding hydrogens is 390 g/mol. The molecule has 2 fully saturated rings. The summed E-state index contributed by atoms with van der Waals surface area (Å²) in [6.07, 6.45) is 4.29. The maximum Gasteiger partial charge on any atom is 0.374 e. The van der Waals surface area contributed by atoms with Crippen molar-refractivity contribution in [3.63, 3.8) is 0 Å². The summed E-state index contributed by atoms with van der Waals surface area (Å²) in [5.74, 6) is 0.774. The highest BCUT2D eigenvalue weighted by atomic mass is 16.6. The number of ether oxygens (including phenoxy) is 2. The first-order valence-electron chi connectivity index (χ1n) is 10.9. The lowest BCUT2D eigenvalue weighted by Gasteiger charge is -2.44. The Morgan fingerprint density at radius 2 is 1.84 bits per heavy atom. The molecule has 31 heavy (non-hydrogen) atoms. The number of carbonyl (C=O) groups is 1. The van der Waals surface area contributed by atoms with Gasteiger partial charge in [-0.25, -0.2) is 4.79 Å². The van der Waals surface area contributed by atoms with Gasteiger partial charge in [0.15, 0.2) is 0 Å². The predicted molar refractivity (Wildman–Crippen MR) is 117 cm³/mol. The first-order valence-corrected chi connectivity index (χ1v) is 10.9. The molecule has 3 aromatic rings. The van der Waals surface area contributed by atoms with Gasteiger partial charge in [-0.1, -0.05) is 48.5 Å². The summed E-state index contributed by atoms with van der Waals surface area (Å²) in [5.41, 5.74) is 2.39. The highest BCUT2D eigenvalue weighted by Gasteiger charge is 2.50. The van der Waals surface area contributed by atoms with Crippen molar-refractivity contribution in [2.45, 2.75) is 49.9 Å². The molecule has 4 atom stereocenters. The van der Waals surface area contributed by atoms with Gasteiger partial charge in [0.25, 0.3) is 0 Å². The normalized spacial score (nSPS) is 25.3. The molecule has 5 heteroatoms. The summed E-state index contributed by atoms with van der Waals surface area (Å²) in [5, 5.41) is 0. The summed E-state index contributed by atoms with van der Waals surface area (Å²) in [6, 6.07) is 22.6. The van der Waals surface area contributed by atoms with Gasteiger partial charge < -0.3 is 13.9 Å². The minimum atomic E-state index is -0.403. The van der Waals surface area contributed by atoms with Crippen LogP contribution in [0.15, 0.2) is 77.4 Å². The van der Waals surface area contributed by atoms with E-state index in [2.05, 4.69) is 35.2 Å². The van der Waals surface area contributed by atoms with E-state index in [1.807, 2.05) is 24.3 Å². The van der Waals surface area contributed by atoms with Crippen molar-refractivity contribution >= 4 is 5.97 Å². The minimum Gasteiger partial charge on any atom is -0.496 e. The molecule has 2 aromatic carbocycles. The van der Waals surface area contributed by atoms with Crippen molar-refractivity contribution in [1.82, 2.24) is 4.90 Å². The van der Waals surface area contributed by atoms with Gasteiger partial charge in [-0.15, -0.1) is 0 Å². The van der Waals surface area contributed by atoms with Crippen LogP contribution in [-0.2, 0) is 11.3 Å². The molecule has 160 valence electrons. The number of para-hydroxylation sites is 1. The molecule has 0 saturated carbocycles. The van der Waals surface area contributed by atoms with Crippen LogP contribution in [0.5, 0.6) is 5.75 Å². The Morgan fingerprint density at radius 1 is 1.03 bits per heavy atom. The molecule has 0 spiro atoms. The number of methoxy groups -OCH3 is 1. The number of hydrogen-bond acceptors (Lipinski definition) is 5. The van der Waals surface area contributed by atoms with Crippen LogP contribution in [-0.4, -0.2) is 36.2 Å². The maximum absolute atomic E-state index is 12.9. The Kier molecular flexibility index (Phi) is 5.51. The zero-order chi connectivity index (χ0) is 21.2. The third-order valence-electron chi connectivity index (χ3n) is 6.70. The van der Waals surface area contributed by atoms with Crippen LogP contribution in [0.2, 0.25) is 0 Å². The predicted octanol–water partition coefficient (Wildman–Crippen LogP) is 5.03. The van der Waals surface area contributed by atoms with Gasteiger partial charge in [-0.2, -0.15) is 0 Å². The zero-order valence-electron chi connectivity index (χ0n) is 17.6. The van der Waals surface area contributed by atoms with E-state index in [1.54, 1.807) is 19.2 Å². The Bertz CT molecular complexity index is 1020. The van der Waals surface area contributed by atoms with E-state index in [0.29, 0.717) is 6.04 Å². The van der Waals surface area contributed by atoms with Crippen LogP contribution in [0.4, 0.5) is 0 Å². The van der Waals surface area contributed by atoms with Crippen molar-refractivity contribution in [3.8, 4) is 5.75 Å². The number of carbonyl (C=O) groups excluding carboxylic acids is 1. The van der Waals surface area contributed by atoms with E-state index in [1.165, 1.54) is 11.8 Å². The third-order valence-corrected chi connectivity index (χ3v) is 6.70. The number of hydrogen-bond donors (Lipinski definition) is 0. The third kappa shape index (κ3) is 3.86. The number of piperidine rings is 1. The number of fused-ring (bicyclic) bond motifs is 2. The second-order valence-corrected chi connectivity index (χ2v) is 8.39. The first-order chi connectivity index (χ1) is 15.2. The fourth-order valence-electron chi connectivity index (χ4n) is 5.32. The van der Waals surface area contributed by atoms with E-state index in [-0.39, 0.29) is 23.8 Å². The summed E-state index contributed by atoms with van der Waals surface area (Å²) < 4.78 is 17.1. The van der Waals surface area contributed by atoms with Gasteiger partial charge in [-0.05, 0) is 43.0 Å². The van der Waals surface area contributed by atoms with E-state index >= 15 is 0 Å². The van der Waals surface area contributed by atoms with Crippen LogP contribution in [0.3, 0.4) is 0 Å². The fourth-order valence-corrected chi connectivity index (χ4v) is 5.32. The molecule has 4 unspecified atom stereocenters. The number of esters is 1. The number of nitrogens with zero attached hydrogens (tertiary/aromatic N) is 1. The highest BCUT2D eigenvalue weighted by molar-refractivity contribution is 5.86. The Hall–Kier alpha value is -3.05. The van der Waals surface area contributed by atoms with Gasteiger partial charge >= 0.3 is 5.97 Å². The van der Waals surface area contributed by atoms with Crippen molar-refractivity contribution < 1.29 is 18.7 Å². The monoisotopic (exact) mass is 417 g/mol. The van der Waals surface area contributed by atoms with E-state index in [0.717, 1.165) is 37.1 Å². The van der Waals surface area contributed by atoms with Gasteiger partial charge in [0.1, 0.15) is 11.9 Å². The zero-order valence-corrected chi connectivity index (χ0v) is 17.6. The second kappa shape index (κ2) is 8.60. The lowest BCUT2D eigenvalue weighted by atomic mass is 9.81.